The van der Waals surface area contributed by atoms with Gasteiger partial charge < -0.3 is 10.0 Å². The fourth-order valence-electron chi connectivity index (χ4n) is 3.37. The molecular formula is C18H20F3N3O2. The first-order chi connectivity index (χ1) is 12.2. The third-order valence-electron chi connectivity index (χ3n) is 4.90. The van der Waals surface area contributed by atoms with E-state index in [1.54, 1.807) is 25.1 Å². The van der Waals surface area contributed by atoms with Crippen molar-refractivity contribution in [3.8, 4) is 5.69 Å². The number of aryl methyl sites for hydroxylation is 1. The van der Waals surface area contributed by atoms with Gasteiger partial charge in [-0.15, -0.1) is 0 Å². The topological polar surface area (TPSA) is 58.4 Å². The number of rotatable bonds is 3. The maximum atomic E-state index is 13.8. The molecular weight excluding hydrogens is 347 g/mol. The first-order valence-corrected chi connectivity index (χ1v) is 8.35. The number of alkyl halides is 3. The lowest BCUT2D eigenvalue weighted by atomic mass is 10.00. The number of para-hydroxylation sites is 1. The van der Waals surface area contributed by atoms with Gasteiger partial charge in [0.25, 0.3) is 5.91 Å². The maximum Gasteiger partial charge on any atom is 0.434 e. The molecule has 0 saturated carbocycles. The molecule has 0 spiro atoms. The Balaban J connectivity index is 2.04. The molecule has 1 N–H and O–H groups in total. The Morgan fingerprint density at radius 2 is 2.00 bits per heavy atom. The zero-order chi connectivity index (χ0) is 19.1. The highest BCUT2D eigenvalue weighted by molar-refractivity contribution is 5.95. The Morgan fingerprint density at radius 3 is 2.58 bits per heavy atom. The Morgan fingerprint density at radius 1 is 1.31 bits per heavy atom. The summed E-state index contributed by atoms with van der Waals surface area (Å²) in [4.78, 5) is 14.1. The first-order valence-electron chi connectivity index (χ1n) is 8.35. The highest BCUT2D eigenvalue weighted by atomic mass is 19.4. The lowest BCUT2D eigenvalue weighted by Gasteiger charge is -2.18. The molecule has 5 nitrogen and oxygen atoms in total. The van der Waals surface area contributed by atoms with Crippen LogP contribution in [0.2, 0.25) is 0 Å². The molecule has 1 saturated heterocycles. The fourth-order valence-corrected chi connectivity index (χ4v) is 3.37. The van der Waals surface area contributed by atoms with Crippen molar-refractivity contribution in [3.63, 3.8) is 0 Å². The van der Waals surface area contributed by atoms with E-state index in [4.69, 9.17) is 0 Å². The molecule has 0 aliphatic carbocycles. The monoisotopic (exact) mass is 367 g/mol. The third kappa shape index (κ3) is 3.21. The summed E-state index contributed by atoms with van der Waals surface area (Å²) >= 11 is 0. The second-order valence-electron chi connectivity index (χ2n) is 6.73. The minimum atomic E-state index is -4.73. The third-order valence-corrected chi connectivity index (χ3v) is 4.90. The van der Waals surface area contributed by atoms with Gasteiger partial charge in [0.15, 0.2) is 5.69 Å². The maximum absolute atomic E-state index is 13.8. The number of nitrogens with zero attached hydrogens (tertiary/aromatic N) is 3. The molecule has 0 bridgehead atoms. The van der Waals surface area contributed by atoms with E-state index >= 15 is 0 Å². The van der Waals surface area contributed by atoms with Crippen molar-refractivity contribution in [1.82, 2.24) is 14.7 Å². The van der Waals surface area contributed by atoms with E-state index in [1.807, 2.05) is 6.92 Å². The summed E-state index contributed by atoms with van der Waals surface area (Å²) in [5.74, 6) is -0.802. The highest BCUT2D eigenvalue weighted by Crippen LogP contribution is 2.35. The Labute approximate surface area is 149 Å². The van der Waals surface area contributed by atoms with Crippen molar-refractivity contribution in [2.45, 2.75) is 20.0 Å². The summed E-state index contributed by atoms with van der Waals surface area (Å²) in [6.07, 6.45) is -3.75. The van der Waals surface area contributed by atoms with Gasteiger partial charge >= 0.3 is 6.18 Å². The molecule has 1 fully saturated rings. The second kappa shape index (κ2) is 6.75. The lowest BCUT2D eigenvalue weighted by molar-refractivity contribution is -0.143. The van der Waals surface area contributed by atoms with E-state index < -0.39 is 23.3 Å². The van der Waals surface area contributed by atoms with Gasteiger partial charge in [-0.05, 0) is 24.5 Å². The smallest absolute Gasteiger partial charge is 0.396 e. The first kappa shape index (κ1) is 18.4. The van der Waals surface area contributed by atoms with Gasteiger partial charge in [-0.1, -0.05) is 25.1 Å². The summed E-state index contributed by atoms with van der Waals surface area (Å²) in [6, 6.07) is 6.57. The minimum absolute atomic E-state index is 0.0321. The number of carbonyl (C=O) groups excluding carboxylic acids is 1. The zero-order valence-corrected chi connectivity index (χ0v) is 14.5. The molecule has 1 amide bonds. The summed E-state index contributed by atoms with van der Waals surface area (Å²) in [5.41, 5.74) is -0.638. The van der Waals surface area contributed by atoms with Crippen molar-refractivity contribution in [2.24, 2.45) is 11.8 Å². The molecule has 8 heteroatoms. The molecule has 0 unspecified atom stereocenters. The van der Waals surface area contributed by atoms with Gasteiger partial charge in [-0.2, -0.15) is 18.3 Å². The van der Waals surface area contributed by atoms with Crippen LogP contribution in [-0.2, 0) is 6.18 Å². The highest BCUT2D eigenvalue weighted by Gasteiger charge is 2.43. The van der Waals surface area contributed by atoms with Crippen LogP contribution in [0.15, 0.2) is 30.5 Å². The van der Waals surface area contributed by atoms with Gasteiger partial charge in [0.05, 0.1) is 17.4 Å². The molecule has 2 heterocycles. The minimum Gasteiger partial charge on any atom is -0.396 e. The van der Waals surface area contributed by atoms with Crippen LogP contribution < -0.4 is 0 Å². The van der Waals surface area contributed by atoms with Crippen LogP contribution in [0.25, 0.3) is 5.69 Å². The molecule has 1 aromatic heterocycles. The molecule has 1 aromatic carbocycles. The second-order valence-corrected chi connectivity index (χ2v) is 6.73. The Hall–Kier alpha value is -2.35. The number of likely N-dealkylation sites (tertiary alicyclic amines) is 1. The largest absolute Gasteiger partial charge is 0.434 e. The predicted octanol–water partition coefficient (Wildman–Crippen LogP) is 2.90. The molecule has 140 valence electrons. The van der Waals surface area contributed by atoms with Crippen LogP contribution in [-0.4, -0.2) is 45.4 Å². The number of aliphatic hydroxyl groups excluding tert-OH is 1. The summed E-state index contributed by atoms with van der Waals surface area (Å²) in [6.45, 7) is 4.02. The SMILES string of the molecule is Cc1ccccc1-n1ncc(C(=O)N2C[C@@H](CO)[C@H](C)C2)c1C(F)(F)F. The standard InChI is InChI=1S/C18H20F3N3O2/c1-11-5-3-4-6-15(11)24-16(18(19,20)21)14(7-22-24)17(26)23-8-12(2)13(9-23)10-25/h3-7,12-13,25H,8-10H2,1-2H3/t12-,13+/m1/s1. The number of halogens is 3. The Bertz CT molecular complexity index is 816. The number of hydrogen-bond donors (Lipinski definition) is 1. The van der Waals surface area contributed by atoms with E-state index in [9.17, 15) is 23.1 Å². The van der Waals surface area contributed by atoms with Gasteiger partial charge in [0.1, 0.15) is 0 Å². The van der Waals surface area contributed by atoms with Gasteiger partial charge in [-0.3, -0.25) is 4.79 Å². The number of amides is 1. The van der Waals surface area contributed by atoms with Crippen LogP contribution in [0.4, 0.5) is 13.2 Å². The molecule has 0 radical (unpaired) electrons. The van der Waals surface area contributed by atoms with E-state index in [2.05, 4.69) is 5.10 Å². The summed E-state index contributed by atoms with van der Waals surface area (Å²) < 4.78 is 42.0. The average molecular weight is 367 g/mol. The van der Waals surface area contributed by atoms with Crippen LogP contribution >= 0.6 is 0 Å². The normalized spacial score (nSPS) is 20.6. The molecule has 1 aliphatic rings. The summed E-state index contributed by atoms with van der Waals surface area (Å²) in [7, 11) is 0. The molecule has 2 atom stereocenters. The number of aromatic nitrogens is 2. The van der Waals surface area contributed by atoms with Crippen LogP contribution in [0.3, 0.4) is 0 Å². The van der Waals surface area contributed by atoms with Crippen LogP contribution in [0.1, 0.15) is 28.5 Å². The van der Waals surface area contributed by atoms with Gasteiger partial charge in [0, 0.05) is 25.6 Å². The zero-order valence-electron chi connectivity index (χ0n) is 14.5. The molecule has 1 aliphatic heterocycles. The van der Waals surface area contributed by atoms with Crippen molar-refractivity contribution < 1.29 is 23.1 Å². The molecule has 26 heavy (non-hydrogen) atoms. The predicted molar refractivity (Wildman–Crippen MR) is 88.9 cm³/mol. The summed E-state index contributed by atoms with van der Waals surface area (Å²) in [5, 5.41) is 13.2. The number of carbonyl (C=O) groups is 1. The van der Waals surface area contributed by atoms with E-state index in [0.717, 1.165) is 10.9 Å². The lowest BCUT2D eigenvalue weighted by Crippen LogP contribution is -2.31. The number of aliphatic hydroxyl groups is 1. The van der Waals surface area contributed by atoms with Crippen molar-refractivity contribution in [1.29, 1.82) is 0 Å². The van der Waals surface area contributed by atoms with E-state index in [0.29, 0.717) is 12.1 Å². The van der Waals surface area contributed by atoms with Crippen molar-refractivity contribution in [2.75, 3.05) is 19.7 Å². The quantitative estimate of drug-likeness (QED) is 0.908. The number of hydrogen-bond acceptors (Lipinski definition) is 3. The van der Waals surface area contributed by atoms with E-state index in [1.165, 1.54) is 11.0 Å². The van der Waals surface area contributed by atoms with E-state index in [-0.39, 0.29) is 30.7 Å². The average Bonchev–Trinajstić information content (AvgIpc) is 3.18. The number of benzene rings is 1. The van der Waals surface area contributed by atoms with Crippen molar-refractivity contribution >= 4 is 5.91 Å². The Kier molecular flexibility index (Phi) is 4.79. The van der Waals surface area contributed by atoms with Crippen LogP contribution in [0.5, 0.6) is 0 Å². The molecule has 3 rings (SSSR count). The fraction of sp³-hybridized carbons (Fsp3) is 0.444. The van der Waals surface area contributed by atoms with Gasteiger partial charge in [-0.25, -0.2) is 4.68 Å². The van der Waals surface area contributed by atoms with Crippen molar-refractivity contribution in [3.05, 3.63) is 47.3 Å². The van der Waals surface area contributed by atoms with Crippen LogP contribution in [0, 0.1) is 18.8 Å². The van der Waals surface area contributed by atoms with Gasteiger partial charge in [0.2, 0.25) is 0 Å². The molecule has 2 aromatic rings.